The van der Waals surface area contributed by atoms with Crippen molar-refractivity contribution in [1.82, 2.24) is 9.47 Å². The highest BCUT2D eigenvalue weighted by molar-refractivity contribution is 6.42. The Hall–Kier alpha value is -2.22. The number of ether oxygens (including phenoxy) is 1. The van der Waals surface area contributed by atoms with E-state index in [0.717, 1.165) is 4.57 Å². The molecule has 102 valence electrons. The minimum absolute atomic E-state index is 0.0168. The summed E-state index contributed by atoms with van der Waals surface area (Å²) in [5.74, 6) is -1.62. The molecule has 0 radical (unpaired) electrons. The zero-order chi connectivity index (χ0) is 14.0. The van der Waals surface area contributed by atoms with Crippen LogP contribution >= 0.6 is 0 Å². The number of hydrogen-bond acceptors (Lipinski definition) is 5. The summed E-state index contributed by atoms with van der Waals surface area (Å²) in [6.45, 7) is 1.51. The molecule has 1 saturated heterocycles. The van der Waals surface area contributed by atoms with Crippen LogP contribution in [0.25, 0.3) is 0 Å². The molecule has 1 aromatic rings. The average molecular weight is 267 g/mol. The standard InChI is InChI=1S/C11H13N3O5/c1-12-8(2-3-9(12)14(17)18)10(15)11(16)13-4-6-19-7-5-13/h2-3H,4-7H2,1H3. The molecule has 2 heterocycles. The lowest BCUT2D eigenvalue weighted by atomic mass is 10.2. The van der Waals surface area contributed by atoms with Crippen LogP contribution in [0.3, 0.4) is 0 Å². The molecule has 0 aliphatic carbocycles. The van der Waals surface area contributed by atoms with Gasteiger partial charge < -0.3 is 19.8 Å². The molecule has 0 atom stereocenters. The molecule has 0 spiro atoms. The highest BCUT2D eigenvalue weighted by Crippen LogP contribution is 2.16. The normalized spacial score (nSPS) is 15.3. The monoisotopic (exact) mass is 267 g/mol. The van der Waals surface area contributed by atoms with E-state index in [-0.39, 0.29) is 11.5 Å². The zero-order valence-corrected chi connectivity index (χ0v) is 10.4. The zero-order valence-electron chi connectivity index (χ0n) is 10.4. The van der Waals surface area contributed by atoms with Gasteiger partial charge in [-0.1, -0.05) is 0 Å². The van der Waals surface area contributed by atoms with E-state index in [4.69, 9.17) is 4.74 Å². The maximum absolute atomic E-state index is 12.0. The Morgan fingerprint density at radius 1 is 1.32 bits per heavy atom. The first kappa shape index (κ1) is 13.2. The minimum Gasteiger partial charge on any atom is -0.378 e. The average Bonchev–Trinajstić information content (AvgIpc) is 2.80. The second-order valence-corrected chi connectivity index (χ2v) is 4.13. The van der Waals surface area contributed by atoms with Crippen molar-refractivity contribution in [3.63, 3.8) is 0 Å². The third-order valence-corrected chi connectivity index (χ3v) is 3.01. The van der Waals surface area contributed by atoms with Crippen LogP contribution in [0.2, 0.25) is 0 Å². The summed E-state index contributed by atoms with van der Waals surface area (Å²) in [6, 6.07) is 2.50. The SMILES string of the molecule is Cn1c(C(=O)C(=O)N2CCOCC2)ccc1[N+](=O)[O-]. The number of hydrogen-bond donors (Lipinski definition) is 0. The fourth-order valence-corrected chi connectivity index (χ4v) is 1.93. The second-order valence-electron chi connectivity index (χ2n) is 4.13. The molecule has 0 aromatic carbocycles. The van der Waals surface area contributed by atoms with E-state index in [9.17, 15) is 19.7 Å². The van der Waals surface area contributed by atoms with Crippen molar-refractivity contribution in [2.75, 3.05) is 26.3 Å². The summed E-state index contributed by atoms with van der Waals surface area (Å²) in [5.41, 5.74) is 0.0168. The molecule has 8 nitrogen and oxygen atoms in total. The number of amides is 1. The summed E-state index contributed by atoms with van der Waals surface area (Å²) >= 11 is 0. The van der Waals surface area contributed by atoms with Gasteiger partial charge in [0.15, 0.2) is 5.69 Å². The lowest BCUT2D eigenvalue weighted by molar-refractivity contribution is -0.391. The molecule has 0 saturated carbocycles. The van der Waals surface area contributed by atoms with Crippen LogP contribution in [-0.2, 0) is 16.6 Å². The number of rotatable bonds is 3. The summed E-state index contributed by atoms with van der Waals surface area (Å²) in [5, 5.41) is 10.7. The van der Waals surface area contributed by atoms with E-state index in [1.807, 2.05) is 0 Å². The van der Waals surface area contributed by atoms with Gasteiger partial charge in [0.2, 0.25) is 0 Å². The lowest BCUT2D eigenvalue weighted by Crippen LogP contribution is -2.44. The lowest BCUT2D eigenvalue weighted by Gasteiger charge is -2.25. The van der Waals surface area contributed by atoms with Crippen molar-refractivity contribution in [3.05, 3.63) is 27.9 Å². The van der Waals surface area contributed by atoms with Gasteiger partial charge in [-0.2, -0.15) is 0 Å². The first-order chi connectivity index (χ1) is 9.02. The molecule has 0 N–H and O–H groups in total. The third kappa shape index (κ3) is 2.48. The highest BCUT2D eigenvalue weighted by Gasteiger charge is 2.30. The Kier molecular flexibility index (Phi) is 3.61. The van der Waals surface area contributed by atoms with E-state index >= 15 is 0 Å². The van der Waals surface area contributed by atoms with E-state index in [0.29, 0.717) is 26.3 Å². The van der Waals surface area contributed by atoms with Crippen LogP contribution < -0.4 is 0 Å². The Balaban J connectivity index is 2.19. The van der Waals surface area contributed by atoms with Gasteiger partial charge in [0.1, 0.15) is 0 Å². The van der Waals surface area contributed by atoms with Gasteiger partial charge in [0, 0.05) is 19.2 Å². The van der Waals surface area contributed by atoms with Crippen LogP contribution in [0.1, 0.15) is 10.5 Å². The third-order valence-electron chi connectivity index (χ3n) is 3.01. The Labute approximate surface area is 108 Å². The molecule has 0 bridgehead atoms. The number of carbonyl (C=O) groups is 2. The Bertz CT molecular complexity index is 530. The van der Waals surface area contributed by atoms with E-state index in [1.165, 1.54) is 24.1 Å². The maximum atomic E-state index is 12.0. The van der Waals surface area contributed by atoms with Crippen molar-refractivity contribution in [1.29, 1.82) is 0 Å². The number of Topliss-reactive ketones (excluding diaryl/α,β-unsaturated/α-hetero) is 1. The molecule has 1 aliphatic rings. The molecule has 1 aromatic heterocycles. The maximum Gasteiger partial charge on any atom is 0.323 e. The topological polar surface area (TPSA) is 94.7 Å². The smallest absolute Gasteiger partial charge is 0.323 e. The molecule has 8 heteroatoms. The van der Waals surface area contributed by atoms with Crippen LogP contribution in [0.15, 0.2) is 12.1 Å². The molecule has 2 rings (SSSR count). The fraction of sp³-hybridized carbons (Fsp3) is 0.455. The van der Waals surface area contributed by atoms with Gasteiger partial charge >= 0.3 is 5.82 Å². The van der Waals surface area contributed by atoms with Crippen molar-refractivity contribution < 1.29 is 19.2 Å². The van der Waals surface area contributed by atoms with Gasteiger partial charge in [-0.3, -0.25) is 9.59 Å². The molecule has 19 heavy (non-hydrogen) atoms. The van der Waals surface area contributed by atoms with E-state index in [2.05, 4.69) is 0 Å². The molecule has 0 unspecified atom stereocenters. The summed E-state index contributed by atoms with van der Waals surface area (Å²) in [6.07, 6.45) is 0. The predicted octanol–water partition coefficient (Wildman–Crippen LogP) is -0.0252. The van der Waals surface area contributed by atoms with Crippen molar-refractivity contribution in [2.45, 2.75) is 0 Å². The van der Waals surface area contributed by atoms with Crippen molar-refractivity contribution in [3.8, 4) is 0 Å². The summed E-state index contributed by atoms with van der Waals surface area (Å²) < 4.78 is 6.21. The van der Waals surface area contributed by atoms with Gasteiger partial charge in [-0.05, 0) is 11.0 Å². The molecule has 1 fully saturated rings. The number of aromatic nitrogens is 1. The van der Waals surface area contributed by atoms with Gasteiger partial charge in [0.25, 0.3) is 11.7 Å². The Morgan fingerprint density at radius 2 is 1.95 bits per heavy atom. The van der Waals surface area contributed by atoms with Crippen LogP contribution in [0.5, 0.6) is 0 Å². The summed E-state index contributed by atoms with van der Waals surface area (Å²) in [7, 11) is 1.39. The van der Waals surface area contributed by atoms with Gasteiger partial charge in [0.05, 0.1) is 20.3 Å². The molecular formula is C11H13N3O5. The number of morpholine rings is 1. The Morgan fingerprint density at radius 3 is 2.47 bits per heavy atom. The first-order valence-electron chi connectivity index (χ1n) is 5.74. The number of nitro groups is 1. The number of carbonyl (C=O) groups excluding carboxylic acids is 2. The van der Waals surface area contributed by atoms with Gasteiger partial charge in [-0.15, -0.1) is 0 Å². The van der Waals surface area contributed by atoms with Crippen LogP contribution in [-0.4, -0.2) is 52.4 Å². The van der Waals surface area contributed by atoms with Crippen LogP contribution in [0.4, 0.5) is 5.82 Å². The molecule has 1 amide bonds. The largest absolute Gasteiger partial charge is 0.378 e. The quantitative estimate of drug-likeness (QED) is 0.332. The van der Waals surface area contributed by atoms with Crippen molar-refractivity contribution >= 4 is 17.5 Å². The highest BCUT2D eigenvalue weighted by atomic mass is 16.6. The van der Waals surface area contributed by atoms with Crippen LogP contribution in [0, 0.1) is 10.1 Å². The van der Waals surface area contributed by atoms with E-state index < -0.39 is 16.6 Å². The summed E-state index contributed by atoms with van der Waals surface area (Å²) in [4.78, 5) is 35.5. The number of nitrogens with zero attached hydrogens (tertiary/aromatic N) is 3. The van der Waals surface area contributed by atoms with Crippen molar-refractivity contribution in [2.24, 2.45) is 7.05 Å². The molecular weight excluding hydrogens is 254 g/mol. The first-order valence-corrected chi connectivity index (χ1v) is 5.74. The molecule has 1 aliphatic heterocycles. The number of ketones is 1. The minimum atomic E-state index is -0.738. The second kappa shape index (κ2) is 5.19. The predicted molar refractivity (Wildman–Crippen MR) is 63.8 cm³/mol. The van der Waals surface area contributed by atoms with E-state index in [1.54, 1.807) is 0 Å². The van der Waals surface area contributed by atoms with Gasteiger partial charge in [-0.25, -0.2) is 4.57 Å². The fourth-order valence-electron chi connectivity index (χ4n) is 1.93.